The van der Waals surface area contributed by atoms with E-state index in [1.165, 1.54) is 0 Å². The molecule has 0 aromatic rings. The molecule has 9 heteroatoms. The van der Waals surface area contributed by atoms with Crippen molar-refractivity contribution in [3.8, 4) is 0 Å². The molecule has 0 fully saturated rings. The Morgan fingerprint density at radius 1 is 0.455 bits per heavy atom. The molecule has 6 unspecified atom stereocenters. The number of ether oxygens (including phenoxy) is 7. The fourth-order valence-electron chi connectivity index (χ4n) is 3.34. The summed E-state index contributed by atoms with van der Waals surface area (Å²) in [5.74, 6) is -1.61. The molecule has 0 rings (SSSR count). The van der Waals surface area contributed by atoms with Crippen LogP contribution in [-0.4, -0.2) is 98.1 Å². The molecule has 0 saturated heterocycles. The molecule has 0 bridgehead atoms. The number of hydrogen-bond donors (Lipinski definition) is 2. The van der Waals surface area contributed by atoms with Gasteiger partial charge in [-0.15, -0.1) is 0 Å². The van der Waals surface area contributed by atoms with Crippen LogP contribution in [0.15, 0.2) is 0 Å². The van der Waals surface area contributed by atoms with Crippen LogP contribution in [0.4, 0.5) is 0 Å². The van der Waals surface area contributed by atoms with Gasteiger partial charge in [0, 0.05) is 0 Å². The average molecular weight is 483 g/mol. The van der Waals surface area contributed by atoms with Crippen molar-refractivity contribution in [3.63, 3.8) is 0 Å². The minimum Gasteiger partial charge on any atom is -0.391 e. The van der Waals surface area contributed by atoms with Crippen molar-refractivity contribution in [2.75, 3.05) is 39.6 Å². The lowest BCUT2D eigenvalue weighted by atomic mass is 10.3. The number of hydrogen-bond acceptors (Lipinski definition) is 9. The van der Waals surface area contributed by atoms with Crippen LogP contribution in [0.1, 0.15) is 69.2 Å². The number of rotatable bonds is 20. The van der Waals surface area contributed by atoms with Gasteiger partial charge < -0.3 is 43.4 Å². The van der Waals surface area contributed by atoms with E-state index >= 15 is 0 Å². The topological polar surface area (TPSA) is 105 Å². The molecular formula is C24H50O9. The lowest BCUT2D eigenvalue weighted by Gasteiger charge is -2.33. The fourth-order valence-corrected chi connectivity index (χ4v) is 3.34. The van der Waals surface area contributed by atoms with Crippen molar-refractivity contribution in [1.29, 1.82) is 0 Å². The van der Waals surface area contributed by atoms with Gasteiger partial charge in [0.15, 0.2) is 11.6 Å². The van der Waals surface area contributed by atoms with Gasteiger partial charge in [-0.3, -0.25) is 0 Å². The van der Waals surface area contributed by atoms with Gasteiger partial charge in [-0.25, -0.2) is 0 Å². The Morgan fingerprint density at radius 3 is 0.879 bits per heavy atom. The summed E-state index contributed by atoms with van der Waals surface area (Å²) < 4.78 is 40.3. The monoisotopic (exact) mass is 482 g/mol. The van der Waals surface area contributed by atoms with Gasteiger partial charge >= 0.3 is 0 Å². The molecule has 0 aliphatic carbocycles. The van der Waals surface area contributed by atoms with Crippen molar-refractivity contribution in [1.82, 2.24) is 0 Å². The van der Waals surface area contributed by atoms with Crippen molar-refractivity contribution < 1.29 is 43.4 Å². The Kier molecular flexibility index (Phi) is 16.2. The van der Waals surface area contributed by atoms with Crippen LogP contribution in [0.3, 0.4) is 0 Å². The van der Waals surface area contributed by atoms with Crippen molar-refractivity contribution in [3.05, 3.63) is 0 Å². The highest BCUT2D eigenvalue weighted by Crippen LogP contribution is 2.19. The highest BCUT2D eigenvalue weighted by molar-refractivity contribution is 4.65. The zero-order chi connectivity index (χ0) is 25.7. The first-order valence-corrected chi connectivity index (χ1v) is 11.9. The first kappa shape index (κ1) is 32.6. The van der Waals surface area contributed by atoms with E-state index < -0.39 is 23.8 Å². The van der Waals surface area contributed by atoms with E-state index in [0.717, 1.165) is 0 Å². The summed E-state index contributed by atoms with van der Waals surface area (Å²) in [6, 6.07) is 0. The molecule has 6 atom stereocenters. The maximum atomic E-state index is 9.25. The van der Waals surface area contributed by atoms with Crippen molar-refractivity contribution in [2.45, 2.75) is 117 Å². The quantitative estimate of drug-likeness (QED) is 0.253. The molecule has 0 aromatic heterocycles. The second kappa shape index (κ2) is 16.3. The van der Waals surface area contributed by atoms with Gasteiger partial charge in [-0.1, -0.05) is 0 Å². The average Bonchev–Trinajstić information content (AvgIpc) is 2.58. The second-order valence-electron chi connectivity index (χ2n) is 9.82. The van der Waals surface area contributed by atoms with Gasteiger partial charge in [0.1, 0.15) is 0 Å². The third kappa shape index (κ3) is 19.6. The zero-order valence-corrected chi connectivity index (χ0v) is 22.5. The van der Waals surface area contributed by atoms with Crippen LogP contribution in [0.25, 0.3) is 0 Å². The second-order valence-corrected chi connectivity index (χ2v) is 9.82. The standard InChI is InChI=1S/C24H50O9/c1-17(25)11-27-13-19(3)30-23(7,8)32-21(5)15-29-16-22(6)33-24(9,10)31-20(4)14-28-12-18(2)26/h17-22,25-26H,11-16H2,1-10H3. The van der Waals surface area contributed by atoms with E-state index in [-0.39, 0.29) is 37.6 Å². The maximum Gasteiger partial charge on any atom is 0.163 e. The third-order valence-electron chi connectivity index (χ3n) is 4.07. The molecule has 0 aliphatic heterocycles. The molecule has 2 N–H and O–H groups in total. The minimum absolute atomic E-state index is 0.178. The smallest absolute Gasteiger partial charge is 0.163 e. The molecule has 0 saturated carbocycles. The predicted octanol–water partition coefficient (Wildman–Crippen LogP) is 2.89. The summed E-state index contributed by atoms with van der Waals surface area (Å²) in [5, 5.41) is 18.5. The van der Waals surface area contributed by atoms with Crippen LogP contribution in [0.2, 0.25) is 0 Å². The zero-order valence-electron chi connectivity index (χ0n) is 22.5. The normalized spacial score (nSPS) is 18.5. The Labute approximate surface area is 201 Å². The van der Waals surface area contributed by atoms with Crippen LogP contribution in [-0.2, 0) is 33.2 Å². The molecule has 9 nitrogen and oxygen atoms in total. The largest absolute Gasteiger partial charge is 0.391 e. The van der Waals surface area contributed by atoms with Gasteiger partial charge in [0.25, 0.3) is 0 Å². The summed E-state index contributed by atoms with van der Waals surface area (Å²) in [7, 11) is 0. The SMILES string of the molecule is CC(O)COCC(C)OC(C)(C)OC(C)COCC(C)OC(C)(C)OC(C)COCC(C)O. The van der Waals surface area contributed by atoms with E-state index in [1.807, 2.05) is 55.4 Å². The summed E-state index contributed by atoms with van der Waals surface area (Å²) in [6.45, 7) is 20.5. The molecule has 33 heavy (non-hydrogen) atoms. The third-order valence-corrected chi connectivity index (χ3v) is 4.07. The van der Waals surface area contributed by atoms with Gasteiger partial charge in [0.2, 0.25) is 0 Å². The highest BCUT2D eigenvalue weighted by Gasteiger charge is 2.27. The molecule has 0 amide bonds. The van der Waals surface area contributed by atoms with E-state index in [4.69, 9.17) is 33.2 Å². The lowest BCUT2D eigenvalue weighted by molar-refractivity contribution is -0.272. The van der Waals surface area contributed by atoms with E-state index in [2.05, 4.69) is 0 Å². The molecule has 0 aromatic carbocycles. The highest BCUT2D eigenvalue weighted by atomic mass is 16.7. The summed E-state index contributed by atoms with van der Waals surface area (Å²) in [5.41, 5.74) is 0. The Bertz CT molecular complexity index is 441. The molecule has 0 aliphatic rings. The van der Waals surface area contributed by atoms with Gasteiger partial charge in [-0.2, -0.15) is 0 Å². The molecule has 0 radical (unpaired) electrons. The van der Waals surface area contributed by atoms with Crippen LogP contribution in [0.5, 0.6) is 0 Å². The Balaban J connectivity index is 4.19. The lowest BCUT2D eigenvalue weighted by Crippen LogP contribution is -2.40. The van der Waals surface area contributed by atoms with Gasteiger partial charge in [-0.05, 0) is 69.2 Å². The minimum atomic E-state index is -0.805. The van der Waals surface area contributed by atoms with Crippen LogP contribution < -0.4 is 0 Å². The summed E-state index contributed by atoms with van der Waals surface area (Å²) >= 11 is 0. The maximum absolute atomic E-state index is 9.25. The van der Waals surface area contributed by atoms with Crippen LogP contribution >= 0.6 is 0 Å². The summed E-state index contributed by atoms with van der Waals surface area (Å²) in [4.78, 5) is 0. The Morgan fingerprint density at radius 2 is 0.667 bits per heavy atom. The Hall–Kier alpha value is -0.360. The first-order valence-electron chi connectivity index (χ1n) is 11.9. The number of aliphatic hydroxyl groups is 2. The van der Waals surface area contributed by atoms with E-state index in [1.54, 1.807) is 13.8 Å². The predicted molar refractivity (Wildman–Crippen MR) is 126 cm³/mol. The van der Waals surface area contributed by atoms with E-state index in [0.29, 0.717) is 26.4 Å². The van der Waals surface area contributed by atoms with Gasteiger partial charge in [0.05, 0.1) is 76.3 Å². The summed E-state index contributed by atoms with van der Waals surface area (Å²) in [6.07, 6.45) is -1.73. The molecule has 0 heterocycles. The molecule has 200 valence electrons. The van der Waals surface area contributed by atoms with Crippen LogP contribution in [0, 0.1) is 0 Å². The molecule has 0 spiro atoms. The fraction of sp³-hybridized carbons (Fsp3) is 1.00. The molecular weight excluding hydrogens is 432 g/mol. The first-order chi connectivity index (χ1) is 15.1. The van der Waals surface area contributed by atoms with Crippen molar-refractivity contribution >= 4 is 0 Å². The van der Waals surface area contributed by atoms with E-state index in [9.17, 15) is 10.2 Å². The van der Waals surface area contributed by atoms with Crippen molar-refractivity contribution in [2.24, 2.45) is 0 Å². The number of aliphatic hydroxyl groups excluding tert-OH is 2.